The number of benzene rings is 1. The highest BCUT2D eigenvalue weighted by atomic mass is 16.3. The third-order valence-corrected chi connectivity index (χ3v) is 2.50. The van der Waals surface area contributed by atoms with Gasteiger partial charge in [0.15, 0.2) is 0 Å². The minimum atomic E-state index is -0.423. The van der Waals surface area contributed by atoms with Crippen molar-refractivity contribution in [2.75, 3.05) is 20.6 Å². The van der Waals surface area contributed by atoms with Gasteiger partial charge < -0.3 is 15.0 Å². The highest BCUT2D eigenvalue weighted by molar-refractivity contribution is 5.79. The van der Waals surface area contributed by atoms with Crippen molar-refractivity contribution in [2.45, 2.75) is 6.10 Å². The number of aromatic amines is 1. The van der Waals surface area contributed by atoms with E-state index in [2.05, 4.69) is 4.98 Å². The van der Waals surface area contributed by atoms with Crippen LogP contribution in [-0.2, 0) is 0 Å². The molecule has 1 unspecified atom stereocenters. The summed E-state index contributed by atoms with van der Waals surface area (Å²) in [5, 5.41) is 11.1. The van der Waals surface area contributed by atoms with Gasteiger partial charge in [0.05, 0.1) is 6.10 Å². The zero-order valence-electron chi connectivity index (χ0n) is 9.07. The summed E-state index contributed by atoms with van der Waals surface area (Å²) in [4.78, 5) is 5.12. The van der Waals surface area contributed by atoms with Crippen LogP contribution in [0.4, 0.5) is 0 Å². The number of H-pyrrole nitrogens is 1. The zero-order valence-corrected chi connectivity index (χ0v) is 9.07. The van der Waals surface area contributed by atoms with Crippen LogP contribution in [0.25, 0.3) is 10.9 Å². The molecule has 0 amide bonds. The molecule has 0 saturated heterocycles. The van der Waals surface area contributed by atoms with Gasteiger partial charge in [-0.1, -0.05) is 12.1 Å². The van der Waals surface area contributed by atoms with Gasteiger partial charge in [-0.05, 0) is 37.2 Å². The summed E-state index contributed by atoms with van der Waals surface area (Å²) in [6.07, 6.45) is 1.49. The summed E-state index contributed by atoms with van der Waals surface area (Å²) in [7, 11) is 3.91. The molecule has 0 fully saturated rings. The van der Waals surface area contributed by atoms with Gasteiger partial charge in [-0.3, -0.25) is 0 Å². The van der Waals surface area contributed by atoms with Gasteiger partial charge in [-0.15, -0.1) is 0 Å². The standard InChI is InChI=1S/C12H16N2O/c1-14(2)8-12(15)10-4-3-9-5-6-13-11(9)7-10/h3-7,12-13,15H,8H2,1-2H3. The van der Waals surface area contributed by atoms with Crippen molar-refractivity contribution in [1.82, 2.24) is 9.88 Å². The Bertz CT molecular complexity index is 448. The molecule has 2 aromatic rings. The van der Waals surface area contributed by atoms with E-state index in [9.17, 15) is 5.11 Å². The highest BCUT2D eigenvalue weighted by Gasteiger charge is 2.09. The molecule has 1 heterocycles. The Morgan fingerprint density at radius 3 is 2.87 bits per heavy atom. The van der Waals surface area contributed by atoms with Gasteiger partial charge in [0.2, 0.25) is 0 Å². The predicted molar refractivity (Wildman–Crippen MR) is 61.8 cm³/mol. The number of aliphatic hydroxyl groups excluding tert-OH is 1. The Kier molecular flexibility index (Phi) is 2.75. The molecular formula is C12H16N2O. The Labute approximate surface area is 89.3 Å². The number of likely N-dealkylation sites (N-methyl/N-ethyl adjacent to an activating group) is 1. The second kappa shape index (κ2) is 4.04. The van der Waals surface area contributed by atoms with Gasteiger partial charge in [-0.25, -0.2) is 0 Å². The maximum atomic E-state index is 9.93. The molecule has 3 nitrogen and oxygen atoms in total. The molecule has 0 aliphatic heterocycles. The van der Waals surface area contributed by atoms with Gasteiger partial charge in [-0.2, -0.15) is 0 Å². The lowest BCUT2D eigenvalue weighted by Gasteiger charge is -2.16. The SMILES string of the molecule is CN(C)CC(O)c1ccc2cc[nH]c2c1. The molecule has 15 heavy (non-hydrogen) atoms. The second-order valence-electron chi connectivity index (χ2n) is 4.10. The molecule has 1 atom stereocenters. The van der Waals surface area contributed by atoms with Crippen LogP contribution in [0.2, 0.25) is 0 Å². The van der Waals surface area contributed by atoms with Crippen LogP contribution in [0.15, 0.2) is 30.5 Å². The van der Waals surface area contributed by atoms with Crippen LogP contribution in [0.1, 0.15) is 11.7 Å². The van der Waals surface area contributed by atoms with Crippen molar-refractivity contribution in [1.29, 1.82) is 0 Å². The predicted octanol–water partition coefficient (Wildman–Crippen LogP) is 1.76. The lowest BCUT2D eigenvalue weighted by Crippen LogP contribution is -2.19. The third-order valence-electron chi connectivity index (χ3n) is 2.50. The molecule has 2 N–H and O–H groups in total. The van der Waals surface area contributed by atoms with Crippen LogP contribution in [-0.4, -0.2) is 35.6 Å². The summed E-state index contributed by atoms with van der Waals surface area (Å²) in [5.74, 6) is 0. The van der Waals surface area contributed by atoms with Crippen molar-refractivity contribution in [3.63, 3.8) is 0 Å². The van der Waals surface area contributed by atoms with Crippen LogP contribution in [0.3, 0.4) is 0 Å². The van der Waals surface area contributed by atoms with Crippen molar-refractivity contribution in [3.05, 3.63) is 36.0 Å². The fourth-order valence-corrected chi connectivity index (χ4v) is 1.72. The number of hydrogen-bond donors (Lipinski definition) is 2. The molecule has 0 saturated carbocycles. The maximum Gasteiger partial charge on any atom is 0.0917 e. The van der Waals surface area contributed by atoms with Gasteiger partial charge in [0.25, 0.3) is 0 Å². The van der Waals surface area contributed by atoms with E-state index in [4.69, 9.17) is 0 Å². The van der Waals surface area contributed by atoms with E-state index in [-0.39, 0.29) is 0 Å². The topological polar surface area (TPSA) is 39.3 Å². The van der Waals surface area contributed by atoms with Crippen molar-refractivity contribution in [2.24, 2.45) is 0 Å². The van der Waals surface area contributed by atoms with Crippen molar-refractivity contribution < 1.29 is 5.11 Å². The molecule has 0 spiro atoms. The summed E-state index contributed by atoms with van der Waals surface area (Å²) in [6.45, 7) is 0.645. The molecule has 0 aliphatic rings. The van der Waals surface area contributed by atoms with E-state index in [0.717, 1.165) is 11.1 Å². The van der Waals surface area contributed by atoms with E-state index in [0.29, 0.717) is 6.54 Å². The lowest BCUT2D eigenvalue weighted by molar-refractivity contribution is 0.138. The molecule has 0 radical (unpaired) electrons. The van der Waals surface area contributed by atoms with Crippen LogP contribution >= 0.6 is 0 Å². The highest BCUT2D eigenvalue weighted by Crippen LogP contribution is 2.19. The summed E-state index contributed by atoms with van der Waals surface area (Å²) in [6, 6.07) is 8.03. The smallest absolute Gasteiger partial charge is 0.0917 e. The van der Waals surface area contributed by atoms with E-state index >= 15 is 0 Å². The number of aliphatic hydroxyl groups is 1. The third kappa shape index (κ3) is 2.19. The lowest BCUT2D eigenvalue weighted by atomic mass is 10.1. The molecule has 0 aliphatic carbocycles. The maximum absolute atomic E-state index is 9.93. The van der Waals surface area contributed by atoms with Crippen molar-refractivity contribution >= 4 is 10.9 Å². The fourth-order valence-electron chi connectivity index (χ4n) is 1.72. The molecule has 1 aromatic heterocycles. The molecule has 1 aromatic carbocycles. The second-order valence-corrected chi connectivity index (χ2v) is 4.10. The van der Waals surface area contributed by atoms with Gasteiger partial charge in [0.1, 0.15) is 0 Å². The fraction of sp³-hybridized carbons (Fsp3) is 0.333. The van der Waals surface area contributed by atoms with Gasteiger partial charge in [0, 0.05) is 18.3 Å². The first-order valence-corrected chi connectivity index (χ1v) is 5.06. The van der Waals surface area contributed by atoms with Gasteiger partial charge >= 0.3 is 0 Å². The van der Waals surface area contributed by atoms with E-state index in [1.54, 1.807) is 0 Å². The first kappa shape index (κ1) is 10.2. The average Bonchev–Trinajstić information content (AvgIpc) is 2.62. The number of hydrogen-bond acceptors (Lipinski definition) is 2. The quantitative estimate of drug-likeness (QED) is 0.799. The Morgan fingerprint density at radius 2 is 2.13 bits per heavy atom. The van der Waals surface area contributed by atoms with E-state index in [1.807, 2.05) is 49.5 Å². The number of fused-ring (bicyclic) bond motifs is 1. The summed E-state index contributed by atoms with van der Waals surface area (Å²) in [5.41, 5.74) is 2.03. The Hall–Kier alpha value is -1.32. The molecule has 3 heteroatoms. The molecule has 80 valence electrons. The normalized spacial score (nSPS) is 13.6. The minimum Gasteiger partial charge on any atom is -0.387 e. The number of nitrogens with one attached hydrogen (secondary N) is 1. The molecule has 2 rings (SSSR count). The first-order chi connectivity index (χ1) is 7.16. The zero-order chi connectivity index (χ0) is 10.8. The van der Waals surface area contributed by atoms with Crippen LogP contribution in [0.5, 0.6) is 0 Å². The summed E-state index contributed by atoms with van der Waals surface area (Å²) >= 11 is 0. The van der Waals surface area contributed by atoms with E-state index < -0.39 is 6.10 Å². The molecular weight excluding hydrogens is 188 g/mol. The number of aromatic nitrogens is 1. The van der Waals surface area contributed by atoms with E-state index in [1.165, 1.54) is 5.39 Å². The van der Waals surface area contributed by atoms with Crippen LogP contribution < -0.4 is 0 Å². The minimum absolute atomic E-state index is 0.423. The van der Waals surface area contributed by atoms with Crippen molar-refractivity contribution in [3.8, 4) is 0 Å². The first-order valence-electron chi connectivity index (χ1n) is 5.06. The van der Waals surface area contributed by atoms with Crippen LogP contribution in [0, 0.1) is 0 Å². The molecule has 0 bridgehead atoms. The monoisotopic (exact) mass is 204 g/mol. The Balaban J connectivity index is 2.27. The largest absolute Gasteiger partial charge is 0.387 e. The average molecular weight is 204 g/mol. The number of nitrogens with zero attached hydrogens (tertiary/aromatic N) is 1. The summed E-state index contributed by atoms with van der Waals surface area (Å²) < 4.78 is 0. The number of rotatable bonds is 3. The Morgan fingerprint density at radius 1 is 1.33 bits per heavy atom.